The van der Waals surface area contributed by atoms with Crippen molar-refractivity contribution in [2.24, 2.45) is 5.92 Å². The molecule has 0 spiro atoms. The summed E-state index contributed by atoms with van der Waals surface area (Å²) >= 11 is 0. The van der Waals surface area contributed by atoms with E-state index in [0.717, 1.165) is 48.1 Å². The molecule has 0 aliphatic heterocycles. The van der Waals surface area contributed by atoms with Gasteiger partial charge in [0.05, 0.1) is 12.7 Å². The lowest BCUT2D eigenvalue weighted by molar-refractivity contribution is 0.0901. The van der Waals surface area contributed by atoms with Crippen LogP contribution >= 0.6 is 0 Å². The largest absolute Gasteiger partial charge is 0.496 e. The van der Waals surface area contributed by atoms with E-state index in [-0.39, 0.29) is 11.7 Å². The number of ether oxygens (including phenoxy) is 1. The number of aryl methyl sites for hydroxylation is 2. The first-order valence-corrected chi connectivity index (χ1v) is 7.24. The first-order valence-electron chi connectivity index (χ1n) is 7.24. The standard InChI is InChI=1S/C17H26O2/c1-6-8-14(9-7-2)17(18)16-13(4)10-12(3)11-15(16)19-5/h10-11,14H,6-9H2,1-5H3. The molecule has 2 heteroatoms. The molecule has 0 aliphatic rings. The van der Waals surface area contributed by atoms with E-state index in [1.807, 2.05) is 19.9 Å². The smallest absolute Gasteiger partial charge is 0.169 e. The normalized spacial score (nSPS) is 10.8. The third kappa shape index (κ3) is 3.82. The molecular weight excluding hydrogens is 236 g/mol. The highest BCUT2D eigenvalue weighted by molar-refractivity contribution is 6.01. The van der Waals surface area contributed by atoms with Crippen LogP contribution in [0.15, 0.2) is 12.1 Å². The average molecular weight is 262 g/mol. The number of hydrogen-bond donors (Lipinski definition) is 0. The first-order chi connectivity index (χ1) is 9.04. The summed E-state index contributed by atoms with van der Waals surface area (Å²) in [7, 11) is 1.64. The molecule has 0 bridgehead atoms. The van der Waals surface area contributed by atoms with Crippen LogP contribution in [0.25, 0.3) is 0 Å². The van der Waals surface area contributed by atoms with Crippen LogP contribution in [0.3, 0.4) is 0 Å². The number of benzene rings is 1. The average Bonchev–Trinajstić information content (AvgIpc) is 2.36. The van der Waals surface area contributed by atoms with Gasteiger partial charge in [0.25, 0.3) is 0 Å². The Morgan fingerprint density at radius 2 is 1.74 bits per heavy atom. The molecular formula is C17H26O2. The molecule has 0 atom stereocenters. The fraction of sp³-hybridized carbons (Fsp3) is 0.588. The zero-order valence-corrected chi connectivity index (χ0v) is 12.9. The van der Waals surface area contributed by atoms with Gasteiger partial charge in [0.15, 0.2) is 5.78 Å². The van der Waals surface area contributed by atoms with Gasteiger partial charge in [-0.2, -0.15) is 0 Å². The fourth-order valence-electron chi connectivity index (χ4n) is 2.71. The zero-order chi connectivity index (χ0) is 14.4. The van der Waals surface area contributed by atoms with Gasteiger partial charge in [-0.25, -0.2) is 0 Å². The van der Waals surface area contributed by atoms with Crippen LogP contribution in [-0.2, 0) is 0 Å². The molecule has 0 N–H and O–H groups in total. The van der Waals surface area contributed by atoms with Crippen molar-refractivity contribution in [3.63, 3.8) is 0 Å². The van der Waals surface area contributed by atoms with E-state index >= 15 is 0 Å². The SMILES string of the molecule is CCCC(CCC)C(=O)c1c(C)cc(C)cc1OC. The lowest BCUT2D eigenvalue weighted by Gasteiger charge is -2.18. The highest BCUT2D eigenvalue weighted by Gasteiger charge is 2.23. The second-order valence-corrected chi connectivity index (χ2v) is 5.30. The van der Waals surface area contributed by atoms with E-state index in [9.17, 15) is 4.79 Å². The Hall–Kier alpha value is -1.31. The van der Waals surface area contributed by atoms with Gasteiger partial charge in [0.2, 0.25) is 0 Å². The van der Waals surface area contributed by atoms with Crippen molar-refractivity contribution in [3.8, 4) is 5.75 Å². The van der Waals surface area contributed by atoms with Gasteiger partial charge in [-0.15, -0.1) is 0 Å². The Kier molecular flexibility index (Phi) is 6.07. The summed E-state index contributed by atoms with van der Waals surface area (Å²) < 4.78 is 5.41. The summed E-state index contributed by atoms with van der Waals surface area (Å²) in [6, 6.07) is 4.01. The van der Waals surface area contributed by atoms with E-state index in [2.05, 4.69) is 19.9 Å². The second-order valence-electron chi connectivity index (χ2n) is 5.30. The Morgan fingerprint density at radius 3 is 2.21 bits per heavy atom. The molecule has 106 valence electrons. The Balaban J connectivity index is 3.16. The predicted octanol–water partition coefficient (Wildman–Crippen LogP) is 4.71. The summed E-state index contributed by atoms with van der Waals surface area (Å²) in [5.74, 6) is 1.10. The number of hydrogen-bond acceptors (Lipinski definition) is 2. The lowest BCUT2D eigenvalue weighted by Crippen LogP contribution is -2.17. The molecule has 0 saturated heterocycles. The monoisotopic (exact) mass is 262 g/mol. The van der Waals surface area contributed by atoms with Crippen molar-refractivity contribution in [3.05, 3.63) is 28.8 Å². The minimum absolute atomic E-state index is 0.130. The molecule has 0 radical (unpaired) electrons. The molecule has 0 amide bonds. The van der Waals surface area contributed by atoms with Gasteiger partial charge < -0.3 is 4.74 Å². The molecule has 0 saturated carbocycles. The van der Waals surface area contributed by atoms with Gasteiger partial charge in [-0.05, 0) is 43.9 Å². The highest BCUT2D eigenvalue weighted by atomic mass is 16.5. The maximum Gasteiger partial charge on any atom is 0.169 e. The molecule has 0 aliphatic carbocycles. The molecule has 0 unspecified atom stereocenters. The van der Waals surface area contributed by atoms with Crippen LogP contribution in [0.5, 0.6) is 5.75 Å². The van der Waals surface area contributed by atoms with Crippen molar-refractivity contribution in [1.82, 2.24) is 0 Å². The fourth-order valence-corrected chi connectivity index (χ4v) is 2.71. The molecule has 2 nitrogen and oxygen atoms in total. The summed E-state index contributed by atoms with van der Waals surface area (Å²) in [5.41, 5.74) is 2.94. The first kappa shape index (κ1) is 15.7. The number of methoxy groups -OCH3 is 1. The van der Waals surface area contributed by atoms with Crippen LogP contribution < -0.4 is 4.74 Å². The number of carbonyl (C=O) groups excluding carboxylic acids is 1. The quantitative estimate of drug-likeness (QED) is 0.665. The molecule has 0 heterocycles. The van der Waals surface area contributed by atoms with E-state index in [4.69, 9.17) is 4.74 Å². The maximum absolute atomic E-state index is 12.8. The third-order valence-electron chi connectivity index (χ3n) is 3.56. The molecule has 19 heavy (non-hydrogen) atoms. The lowest BCUT2D eigenvalue weighted by atomic mass is 9.87. The summed E-state index contributed by atoms with van der Waals surface area (Å²) in [5, 5.41) is 0. The van der Waals surface area contributed by atoms with Crippen molar-refractivity contribution in [2.75, 3.05) is 7.11 Å². The molecule has 0 aromatic heterocycles. The van der Waals surface area contributed by atoms with Crippen molar-refractivity contribution >= 4 is 5.78 Å². The van der Waals surface area contributed by atoms with Gasteiger partial charge in [-0.1, -0.05) is 32.8 Å². The summed E-state index contributed by atoms with van der Waals surface area (Å²) in [6.07, 6.45) is 4.01. The van der Waals surface area contributed by atoms with E-state index < -0.39 is 0 Å². The number of carbonyl (C=O) groups is 1. The third-order valence-corrected chi connectivity index (χ3v) is 3.56. The molecule has 1 aromatic carbocycles. The minimum atomic E-state index is 0.130. The van der Waals surface area contributed by atoms with Crippen molar-refractivity contribution < 1.29 is 9.53 Å². The second kappa shape index (κ2) is 7.32. The van der Waals surface area contributed by atoms with Crippen LogP contribution in [0, 0.1) is 19.8 Å². The summed E-state index contributed by atoms with van der Waals surface area (Å²) in [6.45, 7) is 8.29. The maximum atomic E-state index is 12.8. The predicted molar refractivity (Wildman–Crippen MR) is 80.1 cm³/mol. The van der Waals surface area contributed by atoms with Gasteiger partial charge >= 0.3 is 0 Å². The van der Waals surface area contributed by atoms with Gasteiger partial charge in [-0.3, -0.25) is 4.79 Å². The number of ketones is 1. The van der Waals surface area contributed by atoms with Crippen LogP contribution in [0.1, 0.15) is 61.0 Å². The van der Waals surface area contributed by atoms with Crippen LogP contribution in [0.2, 0.25) is 0 Å². The van der Waals surface area contributed by atoms with E-state index in [1.54, 1.807) is 7.11 Å². The highest BCUT2D eigenvalue weighted by Crippen LogP contribution is 2.29. The Morgan fingerprint density at radius 1 is 1.16 bits per heavy atom. The zero-order valence-electron chi connectivity index (χ0n) is 12.9. The van der Waals surface area contributed by atoms with E-state index in [0.29, 0.717) is 0 Å². The topological polar surface area (TPSA) is 26.3 Å². The van der Waals surface area contributed by atoms with E-state index in [1.165, 1.54) is 0 Å². The molecule has 1 rings (SSSR count). The Bertz CT molecular complexity index is 429. The molecule has 0 fully saturated rings. The van der Waals surface area contributed by atoms with Gasteiger partial charge in [0.1, 0.15) is 5.75 Å². The van der Waals surface area contributed by atoms with Crippen molar-refractivity contribution in [2.45, 2.75) is 53.4 Å². The summed E-state index contributed by atoms with van der Waals surface area (Å²) in [4.78, 5) is 12.8. The van der Waals surface area contributed by atoms with Crippen LogP contribution in [-0.4, -0.2) is 12.9 Å². The van der Waals surface area contributed by atoms with Crippen LogP contribution in [0.4, 0.5) is 0 Å². The van der Waals surface area contributed by atoms with Crippen molar-refractivity contribution in [1.29, 1.82) is 0 Å². The number of rotatable bonds is 7. The molecule has 1 aromatic rings. The Labute approximate surface area is 117 Å². The van der Waals surface area contributed by atoms with Gasteiger partial charge in [0, 0.05) is 5.92 Å². The number of Topliss-reactive ketones (excluding diaryl/α,β-unsaturated/α-hetero) is 1. The minimum Gasteiger partial charge on any atom is -0.496 e.